The summed E-state index contributed by atoms with van der Waals surface area (Å²) in [6.07, 6.45) is 0. The Labute approximate surface area is 137 Å². The van der Waals surface area contributed by atoms with Crippen molar-refractivity contribution in [3.63, 3.8) is 0 Å². The third-order valence-electron chi connectivity index (χ3n) is 3.56. The van der Waals surface area contributed by atoms with Crippen LogP contribution in [0, 0.1) is 0 Å². The Hall–Kier alpha value is -1.89. The zero-order valence-corrected chi connectivity index (χ0v) is 13.9. The molecule has 6 nitrogen and oxygen atoms in total. The van der Waals surface area contributed by atoms with Crippen LogP contribution < -0.4 is 5.32 Å². The fourth-order valence-electron chi connectivity index (χ4n) is 2.27. The zero-order valence-electron chi connectivity index (χ0n) is 12.3. The first-order valence-electron chi connectivity index (χ1n) is 7.04. The van der Waals surface area contributed by atoms with E-state index in [0.29, 0.717) is 31.7 Å². The lowest BCUT2D eigenvalue weighted by Gasteiger charge is -2.34. The molecule has 1 fully saturated rings. The average molecular weight is 368 g/mol. The lowest BCUT2D eigenvalue weighted by molar-refractivity contribution is -0.137. The van der Waals surface area contributed by atoms with Gasteiger partial charge in [0, 0.05) is 43.1 Å². The summed E-state index contributed by atoms with van der Waals surface area (Å²) in [5.41, 5.74) is 0.503. The molecule has 7 heteroatoms. The molecule has 0 saturated carbocycles. The number of benzene rings is 1. The topological polar surface area (TPSA) is 69.7 Å². The van der Waals surface area contributed by atoms with E-state index in [-0.39, 0.29) is 24.3 Å². The van der Waals surface area contributed by atoms with Crippen LogP contribution >= 0.6 is 15.9 Å². The van der Waals surface area contributed by atoms with Gasteiger partial charge in [-0.1, -0.05) is 22.0 Å². The third-order valence-corrected chi connectivity index (χ3v) is 4.06. The highest BCUT2D eigenvalue weighted by Gasteiger charge is 2.22. The van der Waals surface area contributed by atoms with Gasteiger partial charge in [-0.3, -0.25) is 14.4 Å². The van der Waals surface area contributed by atoms with Crippen LogP contribution in [0.2, 0.25) is 0 Å². The molecule has 118 valence electrons. The quantitative estimate of drug-likeness (QED) is 0.861. The summed E-state index contributed by atoms with van der Waals surface area (Å²) in [6, 6.07) is 6.99. The molecule has 1 aliphatic heterocycles. The Morgan fingerprint density at radius 2 is 1.77 bits per heavy atom. The Balaban J connectivity index is 1.81. The fourth-order valence-corrected chi connectivity index (χ4v) is 2.67. The van der Waals surface area contributed by atoms with E-state index < -0.39 is 0 Å². The Bertz CT molecular complexity index is 583. The normalized spacial score (nSPS) is 14.6. The standard InChI is InChI=1S/C15H18BrN3O3/c1-11(20)18-5-7-19(8-6-18)14(21)10-17-15(22)12-3-2-4-13(16)9-12/h2-4,9H,5-8,10H2,1H3,(H,17,22). The lowest BCUT2D eigenvalue weighted by Crippen LogP contribution is -2.52. The number of hydrogen-bond acceptors (Lipinski definition) is 3. The summed E-state index contributed by atoms with van der Waals surface area (Å²) in [5, 5.41) is 2.63. The summed E-state index contributed by atoms with van der Waals surface area (Å²) < 4.78 is 0.812. The van der Waals surface area contributed by atoms with Crippen molar-refractivity contribution in [3.8, 4) is 0 Å². The largest absolute Gasteiger partial charge is 0.343 e. The first kappa shape index (κ1) is 16.5. The van der Waals surface area contributed by atoms with Gasteiger partial charge in [-0.05, 0) is 18.2 Å². The second-order valence-corrected chi connectivity index (χ2v) is 6.00. The van der Waals surface area contributed by atoms with Crippen LogP contribution in [-0.2, 0) is 9.59 Å². The number of nitrogens with zero attached hydrogens (tertiary/aromatic N) is 2. The fraction of sp³-hybridized carbons (Fsp3) is 0.400. The van der Waals surface area contributed by atoms with Gasteiger partial charge in [-0.25, -0.2) is 0 Å². The molecular weight excluding hydrogens is 350 g/mol. The molecule has 1 aliphatic rings. The second-order valence-electron chi connectivity index (χ2n) is 5.08. The number of hydrogen-bond donors (Lipinski definition) is 1. The van der Waals surface area contributed by atoms with Crippen molar-refractivity contribution in [1.82, 2.24) is 15.1 Å². The van der Waals surface area contributed by atoms with Crippen LogP contribution in [0.15, 0.2) is 28.7 Å². The zero-order chi connectivity index (χ0) is 16.1. The van der Waals surface area contributed by atoms with Crippen LogP contribution in [0.1, 0.15) is 17.3 Å². The van der Waals surface area contributed by atoms with Gasteiger partial charge >= 0.3 is 0 Å². The number of halogens is 1. The number of carbonyl (C=O) groups is 3. The molecule has 1 heterocycles. The maximum absolute atomic E-state index is 12.1. The monoisotopic (exact) mass is 367 g/mol. The molecule has 22 heavy (non-hydrogen) atoms. The molecule has 0 unspecified atom stereocenters. The number of rotatable bonds is 3. The van der Waals surface area contributed by atoms with Gasteiger partial charge < -0.3 is 15.1 Å². The van der Waals surface area contributed by atoms with Gasteiger partial charge in [0.1, 0.15) is 0 Å². The molecule has 1 aromatic rings. The van der Waals surface area contributed by atoms with Gasteiger partial charge in [0.25, 0.3) is 5.91 Å². The molecular formula is C15H18BrN3O3. The maximum atomic E-state index is 12.1. The van der Waals surface area contributed by atoms with Gasteiger partial charge in [-0.15, -0.1) is 0 Å². The van der Waals surface area contributed by atoms with Crippen LogP contribution in [0.3, 0.4) is 0 Å². The Morgan fingerprint density at radius 1 is 1.14 bits per heavy atom. The number of nitrogens with one attached hydrogen (secondary N) is 1. The number of amides is 3. The minimum absolute atomic E-state index is 0.0232. The molecule has 0 aliphatic carbocycles. The van der Waals surface area contributed by atoms with E-state index in [9.17, 15) is 14.4 Å². The highest BCUT2D eigenvalue weighted by Crippen LogP contribution is 2.11. The molecule has 2 rings (SSSR count). The van der Waals surface area contributed by atoms with Crippen LogP contribution in [0.4, 0.5) is 0 Å². The van der Waals surface area contributed by atoms with E-state index in [2.05, 4.69) is 21.2 Å². The van der Waals surface area contributed by atoms with Gasteiger partial charge in [0.15, 0.2) is 0 Å². The van der Waals surface area contributed by atoms with Crippen molar-refractivity contribution in [2.75, 3.05) is 32.7 Å². The molecule has 1 aromatic carbocycles. The van der Waals surface area contributed by atoms with Crippen molar-refractivity contribution in [3.05, 3.63) is 34.3 Å². The first-order valence-corrected chi connectivity index (χ1v) is 7.83. The minimum Gasteiger partial charge on any atom is -0.343 e. The van der Waals surface area contributed by atoms with E-state index in [1.165, 1.54) is 6.92 Å². The molecule has 3 amide bonds. The van der Waals surface area contributed by atoms with E-state index in [1.807, 2.05) is 6.07 Å². The predicted octanol–water partition coefficient (Wildman–Crippen LogP) is 0.870. The molecule has 0 atom stereocenters. The highest BCUT2D eigenvalue weighted by atomic mass is 79.9. The SMILES string of the molecule is CC(=O)N1CCN(C(=O)CNC(=O)c2cccc(Br)c2)CC1. The minimum atomic E-state index is -0.281. The van der Waals surface area contributed by atoms with Crippen molar-refractivity contribution in [2.45, 2.75) is 6.92 Å². The van der Waals surface area contributed by atoms with Crippen LogP contribution in [0.5, 0.6) is 0 Å². The van der Waals surface area contributed by atoms with E-state index in [0.717, 1.165) is 4.47 Å². The van der Waals surface area contributed by atoms with Gasteiger partial charge in [0.05, 0.1) is 6.54 Å². The van der Waals surface area contributed by atoms with Crippen LogP contribution in [-0.4, -0.2) is 60.2 Å². The second kappa shape index (κ2) is 7.40. The molecule has 1 saturated heterocycles. The van der Waals surface area contributed by atoms with Crippen molar-refractivity contribution in [2.24, 2.45) is 0 Å². The predicted molar refractivity (Wildman–Crippen MR) is 85.3 cm³/mol. The number of carbonyl (C=O) groups excluding carboxylic acids is 3. The van der Waals surface area contributed by atoms with E-state index >= 15 is 0 Å². The molecule has 0 radical (unpaired) electrons. The Kier molecular flexibility index (Phi) is 5.54. The third kappa shape index (κ3) is 4.30. The summed E-state index contributed by atoms with van der Waals surface area (Å²) >= 11 is 3.30. The smallest absolute Gasteiger partial charge is 0.251 e. The molecule has 0 bridgehead atoms. The molecule has 0 spiro atoms. The maximum Gasteiger partial charge on any atom is 0.251 e. The van der Waals surface area contributed by atoms with E-state index in [4.69, 9.17) is 0 Å². The first-order chi connectivity index (χ1) is 10.5. The lowest BCUT2D eigenvalue weighted by atomic mass is 10.2. The summed E-state index contributed by atoms with van der Waals surface area (Å²) in [5.74, 6) is -0.390. The molecule has 1 N–H and O–H groups in total. The van der Waals surface area contributed by atoms with Gasteiger partial charge in [-0.2, -0.15) is 0 Å². The summed E-state index contributed by atoms with van der Waals surface area (Å²) in [6.45, 7) is 3.58. The number of piperazine rings is 1. The average Bonchev–Trinajstić information content (AvgIpc) is 2.52. The van der Waals surface area contributed by atoms with Crippen molar-refractivity contribution >= 4 is 33.7 Å². The van der Waals surface area contributed by atoms with Crippen molar-refractivity contribution in [1.29, 1.82) is 0 Å². The molecule has 0 aromatic heterocycles. The van der Waals surface area contributed by atoms with Gasteiger partial charge in [0.2, 0.25) is 11.8 Å². The van der Waals surface area contributed by atoms with E-state index in [1.54, 1.807) is 28.0 Å². The van der Waals surface area contributed by atoms with Crippen molar-refractivity contribution < 1.29 is 14.4 Å². The Morgan fingerprint density at radius 3 is 2.36 bits per heavy atom. The summed E-state index contributed by atoms with van der Waals surface area (Å²) in [7, 11) is 0. The summed E-state index contributed by atoms with van der Waals surface area (Å²) in [4.78, 5) is 38.7. The highest BCUT2D eigenvalue weighted by molar-refractivity contribution is 9.10. The van der Waals surface area contributed by atoms with Crippen LogP contribution in [0.25, 0.3) is 0 Å².